The molecule has 0 aliphatic carbocycles. The highest BCUT2D eigenvalue weighted by atomic mass is 127. The van der Waals surface area contributed by atoms with Crippen LogP contribution in [0.15, 0.2) is 60.2 Å². The molecule has 1 N–H and O–H groups in total. The van der Waals surface area contributed by atoms with Gasteiger partial charge in [-0.15, -0.1) is 0 Å². The molecule has 0 heterocycles. The molecule has 3 aromatic rings. The van der Waals surface area contributed by atoms with E-state index in [-0.39, 0.29) is 23.6 Å². The molecule has 172 valence electrons. The maximum atomic E-state index is 12.6. The minimum atomic E-state index is -0.673. The quantitative estimate of drug-likeness (QED) is 0.0912. The van der Waals surface area contributed by atoms with Gasteiger partial charge in [0, 0.05) is 17.8 Å². The van der Waals surface area contributed by atoms with E-state index in [4.69, 9.17) is 27.9 Å². The van der Waals surface area contributed by atoms with Gasteiger partial charge in [-0.1, -0.05) is 35.3 Å². The summed E-state index contributed by atoms with van der Waals surface area (Å²) in [5, 5.41) is 23.8. The zero-order valence-electron chi connectivity index (χ0n) is 17.0. The van der Waals surface area contributed by atoms with Crippen molar-refractivity contribution in [3.05, 3.63) is 98.6 Å². The van der Waals surface area contributed by atoms with Gasteiger partial charge in [0.15, 0.2) is 0 Å². The molecule has 0 aliphatic rings. The summed E-state index contributed by atoms with van der Waals surface area (Å²) < 4.78 is 7.52. The van der Waals surface area contributed by atoms with E-state index in [1.165, 1.54) is 30.3 Å². The predicted molar refractivity (Wildman–Crippen MR) is 148 cm³/mol. The summed E-state index contributed by atoms with van der Waals surface area (Å²) in [6, 6.07) is 16.2. The first-order valence-corrected chi connectivity index (χ1v) is 12.3. The van der Waals surface area contributed by atoms with Crippen LogP contribution < -0.4 is 10.1 Å². The predicted octanol–water partition coefficient (Wildman–Crippen LogP) is 7.24. The summed E-state index contributed by atoms with van der Waals surface area (Å²) in [5.74, 6) is -0.0167. The molecule has 0 atom stereocenters. The molecule has 0 aliphatic heterocycles. The van der Waals surface area contributed by atoms with Crippen LogP contribution in [0.3, 0.4) is 0 Å². The number of carbonyl (C=O) groups excluding carboxylic acids is 1. The highest BCUT2D eigenvalue weighted by molar-refractivity contribution is 14.1. The van der Waals surface area contributed by atoms with Gasteiger partial charge in [0.1, 0.15) is 24.0 Å². The molecule has 0 unspecified atom stereocenters. The minimum absolute atomic E-state index is 0.150. The molecule has 0 fully saturated rings. The standard InChI is InChI=1S/C23H13Cl2I2N3O4/c24-18-5-4-13(7-19(18)25)12-34-22-20(26)8-14(9-21(22)27)6-15(11-28)23(31)29-16-2-1-3-17(10-16)30(32)33/h1-10H,12H2,(H,29,31)/b15-6+. The molecule has 1 amide bonds. The number of nitrogens with one attached hydrogen (secondary N) is 1. The van der Waals surface area contributed by atoms with Crippen LogP contribution in [-0.4, -0.2) is 10.8 Å². The number of amides is 1. The Balaban J connectivity index is 1.77. The van der Waals surface area contributed by atoms with Crippen molar-refractivity contribution in [1.82, 2.24) is 0 Å². The third-order valence-corrected chi connectivity index (χ3v) is 6.72. The fraction of sp³-hybridized carbons (Fsp3) is 0.0435. The lowest BCUT2D eigenvalue weighted by atomic mass is 10.1. The third-order valence-electron chi connectivity index (χ3n) is 4.38. The van der Waals surface area contributed by atoms with Gasteiger partial charge in [0.05, 0.1) is 22.1 Å². The molecule has 0 spiro atoms. The number of nitro benzene ring substituents is 1. The topological polar surface area (TPSA) is 105 Å². The van der Waals surface area contributed by atoms with Crippen molar-refractivity contribution in [3.63, 3.8) is 0 Å². The largest absolute Gasteiger partial charge is 0.487 e. The third kappa shape index (κ3) is 6.82. The summed E-state index contributed by atoms with van der Waals surface area (Å²) in [6.07, 6.45) is 1.44. The van der Waals surface area contributed by atoms with Crippen LogP contribution >= 0.6 is 68.4 Å². The first-order chi connectivity index (χ1) is 16.2. The molecule has 0 radical (unpaired) electrons. The summed E-state index contributed by atoms with van der Waals surface area (Å²) in [5.41, 5.74) is 1.38. The number of carbonyl (C=O) groups is 1. The molecule has 3 rings (SSSR count). The Kier molecular flexibility index (Phi) is 9.12. The van der Waals surface area contributed by atoms with Crippen LogP contribution in [0, 0.1) is 28.6 Å². The molecule has 0 aromatic heterocycles. The Morgan fingerprint density at radius 3 is 2.44 bits per heavy atom. The van der Waals surface area contributed by atoms with Crippen LogP contribution in [-0.2, 0) is 11.4 Å². The van der Waals surface area contributed by atoms with E-state index in [0.717, 1.165) is 12.7 Å². The maximum absolute atomic E-state index is 12.6. The van der Waals surface area contributed by atoms with E-state index >= 15 is 0 Å². The number of non-ortho nitro benzene ring substituents is 1. The van der Waals surface area contributed by atoms with Crippen LogP contribution in [0.5, 0.6) is 5.75 Å². The average molecular weight is 720 g/mol. The maximum Gasteiger partial charge on any atom is 0.271 e. The van der Waals surface area contributed by atoms with Crippen molar-refractivity contribution in [1.29, 1.82) is 5.26 Å². The van der Waals surface area contributed by atoms with E-state index < -0.39 is 10.8 Å². The van der Waals surface area contributed by atoms with Gasteiger partial charge in [0.25, 0.3) is 11.6 Å². The molecule has 0 saturated heterocycles. The minimum Gasteiger partial charge on any atom is -0.487 e. The van der Waals surface area contributed by atoms with Gasteiger partial charge in [-0.2, -0.15) is 5.26 Å². The average Bonchev–Trinajstić information content (AvgIpc) is 2.79. The second-order valence-corrected chi connectivity index (χ2v) is 9.92. The second kappa shape index (κ2) is 11.8. The number of anilines is 1. The summed E-state index contributed by atoms with van der Waals surface area (Å²) >= 11 is 16.2. The number of nitrogens with zero attached hydrogens (tertiary/aromatic N) is 2. The van der Waals surface area contributed by atoms with Crippen LogP contribution in [0.25, 0.3) is 6.08 Å². The monoisotopic (exact) mass is 719 g/mol. The number of hydrogen-bond donors (Lipinski definition) is 1. The first-order valence-electron chi connectivity index (χ1n) is 9.41. The summed E-state index contributed by atoms with van der Waals surface area (Å²) in [7, 11) is 0. The number of halogens is 4. The van der Waals surface area contributed by atoms with Gasteiger partial charge < -0.3 is 10.1 Å². The van der Waals surface area contributed by atoms with E-state index in [1.807, 2.05) is 12.1 Å². The Morgan fingerprint density at radius 1 is 1.12 bits per heavy atom. The number of hydrogen-bond acceptors (Lipinski definition) is 5. The number of nitro groups is 1. The van der Waals surface area contributed by atoms with E-state index in [2.05, 4.69) is 50.5 Å². The van der Waals surface area contributed by atoms with Gasteiger partial charge in [-0.3, -0.25) is 14.9 Å². The lowest BCUT2D eigenvalue weighted by Crippen LogP contribution is -2.13. The van der Waals surface area contributed by atoms with Gasteiger partial charge in [-0.25, -0.2) is 0 Å². The van der Waals surface area contributed by atoms with Crippen molar-refractivity contribution < 1.29 is 14.5 Å². The SMILES string of the molecule is N#C/C(=C\c1cc(I)c(OCc2ccc(Cl)c(Cl)c2)c(I)c1)C(=O)Nc1cccc([N+](=O)[O-])c1. The number of ether oxygens (including phenoxy) is 1. The van der Waals surface area contributed by atoms with Crippen LogP contribution in [0.1, 0.15) is 11.1 Å². The Hall–Kier alpha value is -2.40. The zero-order valence-corrected chi connectivity index (χ0v) is 22.8. The Bertz CT molecular complexity index is 1330. The van der Waals surface area contributed by atoms with Crippen molar-refractivity contribution in [2.75, 3.05) is 5.32 Å². The fourth-order valence-electron chi connectivity index (χ4n) is 2.80. The zero-order chi connectivity index (χ0) is 24.8. The van der Waals surface area contributed by atoms with Crippen molar-refractivity contribution in [2.45, 2.75) is 6.61 Å². The smallest absolute Gasteiger partial charge is 0.271 e. The fourth-order valence-corrected chi connectivity index (χ4v) is 5.24. The van der Waals surface area contributed by atoms with E-state index in [0.29, 0.717) is 21.4 Å². The molecular weight excluding hydrogens is 707 g/mol. The van der Waals surface area contributed by atoms with Crippen molar-refractivity contribution in [3.8, 4) is 11.8 Å². The Morgan fingerprint density at radius 2 is 1.82 bits per heavy atom. The molecular formula is C23H13Cl2I2N3O4. The highest BCUT2D eigenvalue weighted by Gasteiger charge is 2.14. The van der Waals surface area contributed by atoms with Gasteiger partial charge in [-0.05, 0) is 92.7 Å². The highest BCUT2D eigenvalue weighted by Crippen LogP contribution is 2.31. The molecule has 0 bridgehead atoms. The molecule has 0 saturated carbocycles. The van der Waals surface area contributed by atoms with E-state index in [1.54, 1.807) is 24.3 Å². The van der Waals surface area contributed by atoms with Gasteiger partial charge >= 0.3 is 0 Å². The Labute approximate surface area is 232 Å². The normalized spacial score (nSPS) is 11.0. The summed E-state index contributed by atoms with van der Waals surface area (Å²) in [4.78, 5) is 22.9. The van der Waals surface area contributed by atoms with E-state index in [9.17, 15) is 20.2 Å². The van der Waals surface area contributed by atoms with Crippen LogP contribution in [0.2, 0.25) is 10.0 Å². The first kappa shape index (κ1) is 26.2. The van der Waals surface area contributed by atoms with Gasteiger partial charge in [0.2, 0.25) is 0 Å². The molecule has 11 heteroatoms. The molecule has 34 heavy (non-hydrogen) atoms. The molecule has 3 aromatic carbocycles. The molecule has 7 nitrogen and oxygen atoms in total. The van der Waals surface area contributed by atoms with Crippen molar-refractivity contribution in [2.24, 2.45) is 0 Å². The lowest BCUT2D eigenvalue weighted by Gasteiger charge is -2.12. The summed E-state index contributed by atoms with van der Waals surface area (Å²) in [6.45, 7) is 0.285. The van der Waals surface area contributed by atoms with Crippen LogP contribution in [0.4, 0.5) is 11.4 Å². The van der Waals surface area contributed by atoms with Crippen molar-refractivity contribution >= 4 is 91.7 Å². The number of rotatable bonds is 7. The second-order valence-electron chi connectivity index (χ2n) is 6.78. The number of benzene rings is 3. The number of nitriles is 1. The lowest BCUT2D eigenvalue weighted by molar-refractivity contribution is -0.384.